The highest BCUT2D eigenvalue weighted by atomic mass is 16.5. The van der Waals surface area contributed by atoms with Crippen molar-refractivity contribution in [3.63, 3.8) is 0 Å². The maximum absolute atomic E-state index is 6.16. The fourth-order valence-corrected chi connectivity index (χ4v) is 3.52. The summed E-state index contributed by atoms with van der Waals surface area (Å²) in [4.78, 5) is 2.55. The van der Waals surface area contributed by atoms with Crippen molar-refractivity contribution < 1.29 is 9.47 Å². The Morgan fingerprint density at radius 2 is 1.50 bits per heavy atom. The van der Waals surface area contributed by atoms with E-state index in [9.17, 15) is 0 Å². The largest absolute Gasteiger partial charge is 0.381 e. The van der Waals surface area contributed by atoms with E-state index < -0.39 is 0 Å². The van der Waals surface area contributed by atoms with Crippen LogP contribution in [0, 0.1) is 0 Å². The molecule has 0 saturated carbocycles. The SMILES string of the molecule is CC1(C)CN(C2(CN)CCOCC2)CC(C)(C)O1. The Bertz CT molecular complexity index is 280. The predicted octanol–water partition coefficient (Wildman–Crippen LogP) is 1.38. The molecule has 2 fully saturated rings. The zero-order chi connectivity index (χ0) is 13.4. The second kappa shape index (κ2) is 4.75. The molecule has 2 heterocycles. The molecule has 0 aromatic carbocycles. The first-order valence-corrected chi connectivity index (χ1v) is 7.02. The van der Waals surface area contributed by atoms with Crippen LogP contribution in [0.5, 0.6) is 0 Å². The summed E-state index contributed by atoms with van der Waals surface area (Å²) in [6.45, 7) is 13.0. The first-order chi connectivity index (χ1) is 8.29. The van der Waals surface area contributed by atoms with Crippen molar-refractivity contribution in [1.82, 2.24) is 4.90 Å². The number of rotatable bonds is 2. The second-order valence-corrected chi connectivity index (χ2v) is 7.02. The van der Waals surface area contributed by atoms with Crippen LogP contribution >= 0.6 is 0 Å². The molecule has 0 amide bonds. The maximum Gasteiger partial charge on any atom is 0.0761 e. The van der Waals surface area contributed by atoms with E-state index in [1.807, 2.05) is 0 Å². The van der Waals surface area contributed by atoms with Gasteiger partial charge in [0.15, 0.2) is 0 Å². The van der Waals surface area contributed by atoms with Crippen molar-refractivity contribution in [2.75, 3.05) is 32.8 Å². The normalized spacial score (nSPS) is 31.2. The van der Waals surface area contributed by atoms with E-state index in [1.54, 1.807) is 0 Å². The van der Waals surface area contributed by atoms with Gasteiger partial charge < -0.3 is 15.2 Å². The van der Waals surface area contributed by atoms with Crippen LogP contribution in [0.2, 0.25) is 0 Å². The monoisotopic (exact) mass is 256 g/mol. The molecule has 0 aromatic heterocycles. The topological polar surface area (TPSA) is 47.7 Å². The molecular weight excluding hydrogens is 228 g/mol. The van der Waals surface area contributed by atoms with Crippen molar-refractivity contribution in [3.05, 3.63) is 0 Å². The van der Waals surface area contributed by atoms with Crippen LogP contribution in [0.15, 0.2) is 0 Å². The molecule has 0 aromatic rings. The lowest BCUT2D eigenvalue weighted by molar-refractivity contribution is -0.206. The third kappa shape index (κ3) is 2.87. The Hall–Kier alpha value is -0.160. The van der Waals surface area contributed by atoms with Crippen LogP contribution in [-0.2, 0) is 9.47 Å². The van der Waals surface area contributed by atoms with Crippen LogP contribution < -0.4 is 5.73 Å². The molecule has 0 spiro atoms. The number of hydrogen-bond donors (Lipinski definition) is 1. The lowest BCUT2D eigenvalue weighted by atomic mass is 9.84. The summed E-state index contributed by atoms with van der Waals surface area (Å²) in [5, 5.41) is 0. The van der Waals surface area contributed by atoms with Crippen molar-refractivity contribution >= 4 is 0 Å². The van der Waals surface area contributed by atoms with E-state index in [-0.39, 0.29) is 16.7 Å². The van der Waals surface area contributed by atoms with Gasteiger partial charge in [0.2, 0.25) is 0 Å². The Morgan fingerprint density at radius 3 is 1.94 bits per heavy atom. The fourth-order valence-electron chi connectivity index (χ4n) is 3.52. The van der Waals surface area contributed by atoms with Gasteiger partial charge in [-0.05, 0) is 40.5 Å². The molecule has 4 heteroatoms. The summed E-state index contributed by atoms with van der Waals surface area (Å²) < 4.78 is 11.7. The number of morpholine rings is 1. The van der Waals surface area contributed by atoms with E-state index in [4.69, 9.17) is 15.2 Å². The van der Waals surface area contributed by atoms with Crippen molar-refractivity contribution in [1.29, 1.82) is 0 Å². The van der Waals surface area contributed by atoms with E-state index >= 15 is 0 Å². The minimum absolute atomic E-state index is 0.108. The summed E-state index contributed by atoms with van der Waals surface area (Å²) in [5.74, 6) is 0. The van der Waals surface area contributed by atoms with Gasteiger partial charge in [0.1, 0.15) is 0 Å². The van der Waals surface area contributed by atoms with Gasteiger partial charge >= 0.3 is 0 Å². The molecule has 106 valence electrons. The van der Waals surface area contributed by atoms with Gasteiger partial charge in [-0.2, -0.15) is 0 Å². The Morgan fingerprint density at radius 1 is 1.00 bits per heavy atom. The van der Waals surface area contributed by atoms with Gasteiger partial charge in [-0.25, -0.2) is 0 Å². The van der Waals surface area contributed by atoms with Gasteiger partial charge in [-0.1, -0.05) is 0 Å². The molecular formula is C14H28N2O2. The van der Waals surface area contributed by atoms with Crippen molar-refractivity contribution in [3.8, 4) is 0 Å². The van der Waals surface area contributed by atoms with E-state index in [0.29, 0.717) is 6.54 Å². The van der Waals surface area contributed by atoms with Crippen LogP contribution in [0.1, 0.15) is 40.5 Å². The second-order valence-electron chi connectivity index (χ2n) is 7.02. The van der Waals surface area contributed by atoms with Crippen molar-refractivity contribution in [2.45, 2.75) is 57.3 Å². The summed E-state index contributed by atoms with van der Waals surface area (Å²) in [6, 6.07) is 0. The maximum atomic E-state index is 6.16. The van der Waals surface area contributed by atoms with Crippen LogP contribution in [0.25, 0.3) is 0 Å². The fraction of sp³-hybridized carbons (Fsp3) is 1.00. The highest BCUT2D eigenvalue weighted by Crippen LogP contribution is 2.36. The zero-order valence-electron chi connectivity index (χ0n) is 12.3. The van der Waals surface area contributed by atoms with Gasteiger partial charge in [0, 0.05) is 38.4 Å². The molecule has 4 nitrogen and oxygen atoms in total. The van der Waals surface area contributed by atoms with E-state index in [0.717, 1.165) is 39.1 Å². The number of hydrogen-bond acceptors (Lipinski definition) is 4. The summed E-state index contributed by atoms with van der Waals surface area (Å²) >= 11 is 0. The average molecular weight is 256 g/mol. The highest BCUT2D eigenvalue weighted by Gasteiger charge is 2.46. The van der Waals surface area contributed by atoms with Gasteiger partial charge in [0.05, 0.1) is 11.2 Å². The molecule has 0 radical (unpaired) electrons. The third-order valence-electron chi connectivity index (χ3n) is 4.17. The first kappa shape index (κ1) is 14.3. The first-order valence-electron chi connectivity index (χ1n) is 7.02. The summed E-state index contributed by atoms with van der Waals surface area (Å²) in [6.07, 6.45) is 2.07. The molecule has 2 rings (SSSR count). The molecule has 2 aliphatic rings. The average Bonchev–Trinajstić information content (AvgIpc) is 2.26. The molecule has 2 N–H and O–H groups in total. The lowest BCUT2D eigenvalue weighted by Crippen LogP contribution is -2.67. The van der Waals surface area contributed by atoms with Crippen LogP contribution in [-0.4, -0.2) is 54.5 Å². The standard InChI is InChI=1S/C14H28N2O2/c1-12(2)10-16(11-13(3,4)18-12)14(9-15)5-7-17-8-6-14/h5-11,15H2,1-4H3. The Labute approximate surface area is 111 Å². The Kier molecular flexibility index (Phi) is 3.76. The highest BCUT2D eigenvalue weighted by molar-refractivity contribution is 5.00. The van der Waals surface area contributed by atoms with E-state index in [2.05, 4.69) is 32.6 Å². The Balaban J connectivity index is 2.19. The van der Waals surface area contributed by atoms with Crippen molar-refractivity contribution in [2.24, 2.45) is 5.73 Å². The molecule has 0 atom stereocenters. The number of ether oxygens (including phenoxy) is 2. The minimum Gasteiger partial charge on any atom is -0.381 e. The summed E-state index contributed by atoms with van der Waals surface area (Å²) in [7, 11) is 0. The number of nitrogens with zero attached hydrogens (tertiary/aromatic N) is 1. The minimum atomic E-state index is -0.109. The smallest absolute Gasteiger partial charge is 0.0761 e. The quantitative estimate of drug-likeness (QED) is 0.811. The zero-order valence-corrected chi connectivity index (χ0v) is 12.3. The molecule has 0 bridgehead atoms. The molecule has 2 saturated heterocycles. The van der Waals surface area contributed by atoms with E-state index in [1.165, 1.54) is 0 Å². The van der Waals surface area contributed by atoms with Crippen LogP contribution in [0.3, 0.4) is 0 Å². The van der Waals surface area contributed by atoms with Gasteiger partial charge in [-0.3, -0.25) is 4.90 Å². The molecule has 0 aliphatic carbocycles. The molecule has 2 aliphatic heterocycles. The van der Waals surface area contributed by atoms with Gasteiger partial charge in [0.25, 0.3) is 0 Å². The van der Waals surface area contributed by atoms with Gasteiger partial charge in [-0.15, -0.1) is 0 Å². The predicted molar refractivity (Wildman–Crippen MR) is 72.7 cm³/mol. The summed E-state index contributed by atoms with van der Waals surface area (Å²) in [5.41, 5.74) is 6.00. The molecule has 18 heavy (non-hydrogen) atoms. The lowest BCUT2D eigenvalue weighted by Gasteiger charge is -2.55. The van der Waals surface area contributed by atoms with Crippen LogP contribution in [0.4, 0.5) is 0 Å². The number of nitrogens with two attached hydrogens (primary N) is 1. The third-order valence-corrected chi connectivity index (χ3v) is 4.17. The molecule has 0 unspecified atom stereocenters.